The Hall–Kier alpha value is -1.62. The first-order valence-electron chi connectivity index (χ1n) is 5.52. The van der Waals surface area contributed by atoms with Crippen LogP contribution in [0.1, 0.15) is 15.9 Å². The lowest BCUT2D eigenvalue weighted by atomic mass is 10.1. The summed E-state index contributed by atoms with van der Waals surface area (Å²) in [5.41, 5.74) is 6.59. The molecule has 1 amide bonds. The van der Waals surface area contributed by atoms with Gasteiger partial charge in [-0.15, -0.1) is 0 Å². The number of carbonyl (C=O) groups excluding carboxylic acids is 1. The van der Waals surface area contributed by atoms with E-state index in [1.807, 2.05) is 0 Å². The van der Waals surface area contributed by atoms with Crippen LogP contribution in [0.25, 0.3) is 0 Å². The van der Waals surface area contributed by atoms with E-state index in [1.165, 1.54) is 12.1 Å². The van der Waals surface area contributed by atoms with Crippen molar-refractivity contribution in [3.8, 4) is 0 Å². The molecule has 1 fully saturated rings. The first kappa shape index (κ1) is 11.9. The molecule has 1 saturated heterocycles. The average Bonchev–Trinajstić information content (AvgIpc) is 2.34. The Bertz CT molecular complexity index is 442. The molecule has 5 heteroatoms. The summed E-state index contributed by atoms with van der Waals surface area (Å²) in [6.45, 7) is 3.91. The van der Waals surface area contributed by atoms with Gasteiger partial charge in [0.05, 0.1) is 18.9 Å². The van der Waals surface area contributed by atoms with E-state index in [2.05, 4.69) is 0 Å². The van der Waals surface area contributed by atoms with E-state index in [-0.39, 0.29) is 11.6 Å². The molecule has 0 atom stereocenters. The number of ether oxygens (including phenoxy) is 1. The third kappa shape index (κ3) is 2.39. The van der Waals surface area contributed by atoms with Crippen molar-refractivity contribution < 1.29 is 13.9 Å². The first-order valence-corrected chi connectivity index (χ1v) is 5.52. The number of nitrogens with zero attached hydrogens (tertiary/aromatic N) is 1. The van der Waals surface area contributed by atoms with Crippen molar-refractivity contribution in [2.75, 3.05) is 32.0 Å². The largest absolute Gasteiger partial charge is 0.396 e. The van der Waals surface area contributed by atoms with E-state index < -0.39 is 5.82 Å². The van der Waals surface area contributed by atoms with Gasteiger partial charge >= 0.3 is 0 Å². The minimum absolute atomic E-state index is 0.0704. The highest BCUT2D eigenvalue weighted by atomic mass is 19.1. The van der Waals surface area contributed by atoms with Gasteiger partial charge in [-0.25, -0.2) is 4.39 Å². The normalized spacial score (nSPS) is 16.0. The Kier molecular flexibility index (Phi) is 3.28. The molecule has 92 valence electrons. The lowest BCUT2D eigenvalue weighted by molar-refractivity contribution is 0.0302. The van der Waals surface area contributed by atoms with E-state index >= 15 is 0 Å². The number of benzene rings is 1. The zero-order chi connectivity index (χ0) is 12.4. The summed E-state index contributed by atoms with van der Waals surface area (Å²) in [4.78, 5) is 13.8. The van der Waals surface area contributed by atoms with Crippen LogP contribution in [0.5, 0.6) is 0 Å². The van der Waals surface area contributed by atoms with Gasteiger partial charge < -0.3 is 15.4 Å². The van der Waals surface area contributed by atoms with Crippen molar-refractivity contribution in [2.45, 2.75) is 6.92 Å². The van der Waals surface area contributed by atoms with Crippen molar-refractivity contribution in [2.24, 2.45) is 0 Å². The SMILES string of the molecule is Cc1cc(N)c(F)cc1C(=O)N1CCOCC1. The Morgan fingerprint density at radius 1 is 1.41 bits per heavy atom. The monoisotopic (exact) mass is 238 g/mol. The maximum absolute atomic E-state index is 13.4. The number of rotatable bonds is 1. The lowest BCUT2D eigenvalue weighted by Gasteiger charge is -2.27. The number of hydrogen-bond donors (Lipinski definition) is 1. The fraction of sp³-hybridized carbons (Fsp3) is 0.417. The molecule has 0 bridgehead atoms. The number of carbonyl (C=O) groups is 1. The molecular formula is C12H15FN2O2. The van der Waals surface area contributed by atoms with Crippen molar-refractivity contribution in [3.63, 3.8) is 0 Å². The van der Waals surface area contributed by atoms with Crippen LogP contribution in [0.4, 0.5) is 10.1 Å². The molecule has 4 nitrogen and oxygen atoms in total. The molecule has 1 heterocycles. The Morgan fingerprint density at radius 3 is 2.71 bits per heavy atom. The summed E-state index contributed by atoms with van der Waals surface area (Å²) in [7, 11) is 0. The fourth-order valence-corrected chi connectivity index (χ4v) is 1.87. The van der Waals surface area contributed by atoms with Crippen LogP contribution in [0, 0.1) is 12.7 Å². The molecule has 1 aliphatic heterocycles. The van der Waals surface area contributed by atoms with E-state index in [1.54, 1.807) is 11.8 Å². The second-order valence-corrected chi connectivity index (χ2v) is 4.09. The van der Waals surface area contributed by atoms with Crippen LogP contribution in [0.2, 0.25) is 0 Å². The van der Waals surface area contributed by atoms with Crippen molar-refractivity contribution >= 4 is 11.6 Å². The van der Waals surface area contributed by atoms with Crippen LogP contribution in [-0.4, -0.2) is 37.1 Å². The molecule has 1 aromatic carbocycles. The molecule has 17 heavy (non-hydrogen) atoms. The molecule has 0 aromatic heterocycles. The number of halogens is 1. The summed E-state index contributed by atoms with van der Waals surface area (Å²) in [5, 5.41) is 0. The number of amides is 1. The molecule has 2 N–H and O–H groups in total. The van der Waals surface area contributed by atoms with Gasteiger partial charge in [0.1, 0.15) is 5.82 Å². The van der Waals surface area contributed by atoms with Crippen LogP contribution in [-0.2, 0) is 4.74 Å². The van der Waals surface area contributed by atoms with E-state index in [0.29, 0.717) is 37.4 Å². The highest BCUT2D eigenvalue weighted by molar-refractivity contribution is 5.96. The maximum Gasteiger partial charge on any atom is 0.254 e. The highest BCUT2D eigenvalue weighted by Crippen LogP contribution is 2.19. The third-order valence-electron chi connectivity index (χ3n) is 2.87. The zero-order valence-electron chi connectivity index (χ0n) is 9.70. The molecule has 1 aliphatic rings. The average molecular weight is 238 g/mol. The van der Waals surface area contributed by atoms with Gasteiger partial charge in [0.2, 0.25) is 0 Å². The molecule has 2 rings (SSSR count). The summed E-state index contributed by atoms with van der Waals surface area (Å²) < 4.78 is 18.5. The standard InChI is InChI=1S/C12H15FN2O2/c1-8-6-11(14)10(13)7-9(8)12(16)15-2-4-17-5-3-15/h6-7H,2-5,14H2,1H3. The fourth-order valence-electron chi connectivity index (χ4n) is 1.87. The van der Waals surface area contributed by atoms with Gasteiger partial charge in [-0.05, 0) is 24.6 Å². The predicted octanol–water partition coefficient (Wildman–Crippen LogP) is 1.19. The summed E-state index contributed by atoms with van der Waals surface area (Å²) in [5.74, 6) is -0.711. The summed E-state index contributed by atoms with van der Waals surface area (Å²) in [6, 6.07) is 2.70. The van der Waals surface area contributed by atoms with Crippen molar-refractivity contribution in [1.29, 1.82) is 0 Å². The molecule has 0 unspecified atom stereocenters. The van der Waals surface area contributed by atoms with Crippen molar-refractivity contribution in [1.82, 2.24) is 4.90 Å². The minimum Gasteiger partial charge on any atom is -0.396 e. The van der Waals surface area contributed by atoms with Gasteiger partial charge in [0.15, 0.2) is 0 Å². The second kappa shape index (κ2) is 4.71. The number of nitrogens with two attached hydrogens (primary N) is 1. The van der Waals surface area contributed by atoms with Crippen LogP contribution in [0.15, 0.2) is 12.1 Å². The minimum atomic E-state index is -0.549. The Labute approximate surface area is 99.2 Å². The van der Waals surface area contributed by atoms with E-state index in [0.717, 1.165) is 0 Å². The number of nitrogen functional groups attached to an aromatic ring is 1. The number of hydrogen-bond acceptors (Lipinski definition) is 3. The van der Waals surface area contributed by atoms with Gasteiger partial charge in [-0.1, -0.05) is 0 Å². The van der Waals surface area contributed by atoms with Gasteiger partial charge in [-0.2, -0.15) is 0 Å². The number of aryl methyl sites for hydroxylation is 1. The maximum atomic E-state index is 13.4. The van der Waals surface area contributed by atoms with E-state index in [4.69, 9.17) is 10.5 Å². The van der Waals surface area contributed by atoms with Gasteiger partial charge in [0, 0.05) is 18.7 Å². The quantitative estimate of drug-likeness (QED) is 0.748. The van der Waals surface area contributed by atoms with Gasteiger partial charge in [0.25, 0.3) is 5.91 Å². The topological polar surface area (TPSA) is 55.6 Å². The summed E-state index contributed by atoms with van der Waals surface area (Å²) in [6.07, 6.45) is 0. The number of anilines is 1. The van der Waals surface area contributed by atoms with E-state index in [9.17, 15) is 9.18 Å². The molecular weight excluding hydrogens is 223 g/mol. The Balaban J connectivity index is 2.26. The van der Waals surface area contributed by atoms with Crippen molar-refractivity contribution in [3.05, 3.63) is 29.1 Å². The molecule has 0 saturated carbocycles. The first-order chi connectivity index (χ1) is 8.09. The predicted molar refractivity (Wildman–Crippen MR) is 62.3 cm³/mol. The molecule has 1 aromatic rings. The molecule has 0 aliphatic carbocycles. The Morgan fingerprint density at radius 2 is 2.06 bits per heavy atom. The lowest BCUT2D eigenvalue weighted by Crippen LogP contribution is -2.41. The van der Waals surface area contributed by atoms with Gasteiger partial charge in [-0.3, -0.25) is 4.79 Å². The second-order valence-electron chi connectivity index (χ2n) is 4.09. The molecule has 0 radical (unpaired) electrons. The van der Waals surface area contributed by atoms with Crippen LogP contribution in [0.3, 0.4) is 0 Å². The number of morpholine rings is 1. The third-order valence-corrected chi connectivity index (χ3v) is 2.87. The smallest absolute Gasteiger partial charge is 0.254 e. The van der Waals surface area contributed by atoms with Crippen LogP contribution >= 0.6 is 0 Å². The molecule has 0 spiro atoms. The summed E-state index contributed by atoms with van der Waals surface area (Å²) >= 11 is 0. The highest BCUT2D eigenvalue weighted by Gasteiger charge is 2.21. The zero-order valence-corrected chi connectivity index (χ0v) is 9.70. The van der Waals surface area contributed by atoms with Crippen LogP contribution < -0.4 is 5.73 Å².